The van der Waals surface area contributed by atoms with Crippen LogP contribution in [0.15, 0.2) is 10.2 Å². The summed E-state index contributed by atoms with van der Waals surface area (Å²) in [4.78, 5) is 2.45. The average Bonchev–Trinajstić information content (AvgIpc) is 1.91. The Morgan fingerprint density at radius 2 is 2.44 bits per heavy atom. The molecule has 9 heavy (non-hydrogen) atoms. The third-order valence-electron chi connectivity index (χ3n) is 0.690. The average molecular weight is 126 g/mol. The fourth-order valence-corrected chi connectivity index (χ4v) is 0.251. The predicted octanol–water partition coefficient (Wildman–Crippen LogP) is 1.35. The summed E-state index contributed by atoms with van der Waals surface area (Å²) >= 11 is 0. The molecule has 6 heteroatoms. The third-order valence-corrected chi connectivity index (χ3v) is 0.690. The zero-order valence-electron chi connectivity index (χ0n) is 4.65. The van der Waals surface area contributed by atoms with Crippen LogP contribution in [0.5, 0.6) is 0 Å². The molecule has 0 fully saturated rings. The van der Waals surface area contributed by atoms with E-state index in [2.05, 4.69) is 15.1 Å². The van der Waals surface area contributed by atoms with Crippen molar-refractivity contribution < 1.29 is 0 Å². The van der Waals surface area contributed by atoms with Crippen LogP contribution < -0.4 is 0 Å². The van der Waals surface area contributed by atoms with Crippen molar-refractivity contribution in [3.63, 3.8) is 0 Å². The van der Waals surface area contributed by atoms with Crippen LogP contribution in [0.2, 0.25) is 0 Å². The van der Waals surface area contributed by atoms with Crippen molar-refractivity contribution in [1.29, 1.82) is 10.9 Å². The number of hydrogen-bond acceptors (Lipinski definition) is 4. The molecule has 0 radical (unpaired) electrons. The van der Waals surface area contributed by atoms with Crippen molar-refractivity contribution in [2.24, 2.45) is 10.2 Å². The lowest BCUT2D eigenvalue weighted by molar-refractivity contribution is 0.787. The van der Waals surface area contributed by atoms with Crippen molar-refractivity contribution in [3.05, 3.63) is 10.4 Å². The smallest absolute Gasteiger partial charge is 0.110 e. The van der Waals surface area contributed by atoms with Crippen molar-refractivity contribution >= 4 is 6.21 Å². The molecule has 0 saturated heterocycles. The Morgan fingerprint density at radius 3 is 2.78 bits per heavy atom. The first kappa shape index (κ1) is 7.58. The molecule has 0 heterocycles. The Labute approximate surface area is 51.5 Å². The monoisotopic (exact) mass is 126 g/mol. The lowest BCUT2D eigenvalue weighted by Crippen LogP contribution is -2.07. The van der Waals surface area contributed by atoms with Crippen molar-refractivity contribution in [3.8, 4) is 0 Å². The lowest BCUT2D eigenvalue weighted by Gasteiger charge is -1.93. The van der Waals surface area contributed by atoms with E-state index in [0.717, 1.165) is 6.21 Å². The Kier molecular flexibility index (Phi) is 3.99. The topological polar surface area (TPSA) is 109 Å². The van der Waals surface area contributed by atoms with Gasteiger partial charge in [0.25, 0.3) is 0 Å². The highest BCUT2D eigenvalue weighted by molar-refractivity contribution is 5.60. The SMILES string of the molecule is [N-]=[N+]=NCC(C=N)N=N. The predicted molar refractivity (Wildman–Crippen MR) is 31.7 cm³/mol. The van der Waals surface area contributed by atoms with Gasteiger partial charge in [0, 0.05) is 11.1 Å². The van der Waals surface area contributed by atoms with Crippen LogP contribution >= 0.6 is 0 Å². The van der Waals surface area contributed by atoms with Crippen molar-refractivity contribution in [2.45, 2.75) is 6.04 Å². The highest BCUT2D eigenvalue weighted by Crippen LogP contribution is 1.85. The summed E-state index contributed by atoms with van der Waals surface area (Å²) in [6, 6.07) is -0.583. The quantitative estimate of drug-likeness (QED) is 0.245. The van der Waals surface area contributed by atoms with Crippen molar-refractivity contribution in [1.82, 2.24) is 0 Å². The zero-order chi connectivity index (χ0) is 7.11. The maximum absolute atomic E-state index is 7.79. The van der Waals surface area contributed by atoms with Gasteiger partial charge in [-0.2, -0.15) is 5.11 Å². The fourth-order valence-electron chi connectivity index (χ4n) is 0.251. The van der Waals surface area contributed by atoms with Crippen LogP contribution in [0.4, 0.5) is 0 Å². The van der Waals surface area contributed by atoms with E-state index in [4.69, 9.17) is 16.5 Å². The first-order chi connectivity index (χ1) is 4.35. The molecule has 0 aliphatic carbocycles. The number of rotatable bonds is 4. The second-order valence-electron chi connectivity index (χ2n) is 1.28. The van der Waals surface area contributed by atoms with E-state index in [1.54, 1.807) is 0 Å². The summed E-state index contributed by atoms with van der Waals surface area (Å²) < 4.78 is 0. The molecule has 1 unspecified atom stereocenters. The molecule has 0 spiro atoms. The molecule has 0 aromatic carbocycles. The number of azide groups is 1. The largest absolute Gasteiger partial charge is 0.311 e. The maximum atomic E-state index is 7.79. The molecule has 0 aromatic heterocycles. The van der Waals surface area contributed by atoms with Gasteiger partial charge in [0.15, 0.2) is 0 Å². The first-order valence-corrected chi connectivity index (χ1v) is 2.23. The Bertz CT molecular complexity index is 136. The van der Waals surface area contributed by atoms with Crippen LogP contribution in [-0.4, -0.2) is 18.8 Å². The Balaban J connectivity index is 3.68. The van der Waals surface area contributed by atoms with Gasteiger partial charge in [-0.05, 0) is 5.53 Å². The van der Waals surface area contributed by atoms with E-state index < -0.39 is 6.04 Å². The van der Waals surface area contributed by atoms with E-state index in [0.29, 0.717) is 0 Å². The van der Waals surface area contributed by atoms with Gasteiger partial charge in [0.1, 0.15) is 6.04 Å². The second kappa shape index (κ2) is 4.73. The van der Waals surface area contributed by atoms with Gasteiger partial charge < -0.3 is 5.41 Å². The van der Waals surface area contributed by atoms with Gasteiger partial charge >= 0.3 is 0 Å². The van der Waals surface area contributed by atoms with Gasteiger partial charge in [-0.15, -0.1) is 0 Å². The molecule has 0 amide bonds. The zero-order valence-corrected chi connectivity index (χ0v) is 4.65. The van der Waals surface area contributed by atoms with Gasteiger partial charge in [-0.3, -0.25) is 0 Å². The summed E-state index contributed by atoms with van der Waals surface area (Å²) in [5.74, 6) is 0. The standard InChI is InChI=1S/C3H6N6/c4-1-3(8-5)2-7-9-6/h1,3-5H,2H2. The van der Waals surface area contributed by atoms with E-state index in [1.807, 2.05) is 0 Å². The highest BCUT2D eigenvalue weighted by Gasteiger charge is 1.96. The summed E-state index contributed by atoms with van der Waals surface area (Å²) in [6.07, 6.45) is 0.960. The minimum Gasteiger partial charge on any atom is -0.311 e. The summed E-state index contributed by atoms with van der Waals surface area (Å²) in [5, 5.41) is 12.7. The number of nitrogens with one attached hydrogen (secondary N) is 2. The second-order valence-corrected chi connectivity index (χ2v) is 1.28. The molecule has 6 nitrogen and oxygen atoms in total. The van der Waals surface area contributed by atoms with E-state index in [1.165, 1.54) is 0 Å². The minimum absolute atomic E-state index is 0.0590. The molecule has 48 valence electrons. The summed E-state index contributed by atoms with van der Waals surface area (Å²) in [7, 11) is 0. The van der Waals surface area contributed by atoms with Gasteiger partial charge in [-0.1, -0.05) is 5.11 Å². The van der Waals surface area contributed by atoms with Crippen molar-refractivity contribution in [2.75, 3.05) is 6.54 Å². The molecule has 0 bridgehead atoms. The molecule has 0 rings (SSSR count). The first-order valence-electron chi connectivity index (χ1n) is 2.23. The molecular formula is C3H6N6. The summed E-state index contributed by atoms with van der Waals surface area (Å²) in [5.41, 5.74) is 14.2. The number of nitrogens with zero attached hydrogens (tertiary/aromatic N) is 4. The third kappa shape index (κ3) is 3.19. The van der Waals surface area contributed by atoms with E-state index in [9.17, 15) is 0 Å². The lowest BCUT2D eigenvalue weighted by atomic mass is 10.3. The van der Waals surface area contributed by atoms with Gasteiger partial charge in [0.05, 0.1) is 6.54 Å². The van der Waals surface area contributed by atoms with Crippen LogP contribution in [0, 0.1) is 10.9 Å². The maximum Gasteiger partial charge on any atom is 0.110 e. The molecule has 0 saturated carbocycles. The molecule has 0 aliphatic heterocycles. The Hall–Kier alpha value is -1.42. The number of hydrogen-bond donors (Lipinski definition) is 2. The molecule has 0 aromatic rings. The van der Waals surface area contributed by atoms with Crippen LogP contribution in [0.1, 0.15) is 0 Å². The fraction of sp³-hybridized carbons (Fsp3) is 0.667. The molecule has 1 atom stereocenters. The van der Waals surface area contributed by atoms with Crippen LogP contribution in [-0.2, 0) is 0 Å². The van der Waals surface area contributed by atoms with Gasteiger partial charge in [-0.25, -0.2) is 5.53 Å². The molecule has 2 N–H and O–H groups in total. The molecular weight excluding hydrogens is 120 g/mol. The van der Waals surface area contributed by atoms with Crippen LogP contribution in [0.25, 0.3) is 10.4 Å². The van der Waals surface area contributed by atoms with Gasteiger partial charge in [0.2, 0.25) is 0 Å². The normalized spacial score (nSPS) is 11.1. The highest BCUT2D eigenvalue weighted by atomic mass is 15.1. The minimum atomic E-state index is -0.583. The Morgan fingerprint density at radius 1 is 1.78 bits per heavy atom. The summed E-state index contributed by atoms with van der Waals surface area (Å²) in [6.45, 7) is 0.0590. The van der Waals surface area contributed by atoms with E-state index >= 15 is 0 Å². The van der Waals surface area contributed by atoms with Crippen LogP contribution in [0.3, 0.4) is 0 Å². The van der Waals surface area contributed by atoms with E-state index in [-0.39, 0.29) is 6.54 Å². The molecule has 0 aliphatic rings.